The van der Waals surface area contributed by atoms with Gasteiger partial charge in [0.05, 0.1) is 6.61 Å². The first-order valence-corrected chi connectivity index (χ1v) is 10.4. The summed E-state index contributed by atoms with van der Waals surface area (Å²) in [6.07, 6.45) is 7.95. The molecule has 0 bridgehead atoms. The molecule has 0 N–H and O–H groups in total. The molecule has 3 nitrogen and oxygen atoms in total. The van der Waals surface area contributed by atoms with E-state index in [4.69, 9.17) is 4.74 Å². The summed E-state index contributed by atoms with van der Waals surface area (Å²) in [7, 11) is 4.44. The molecule has 132 valence electrons. The number of hydrogen-bond donors (Lipinski definition) is 0. The molecule has 22 heavy (non-hydrogen) atoms. The van der Waals surface area contributed by atoms with E-state index in [0.717, 1.165) is 25.7 Å². The summed E-state index contributed by atoms with van der Waals surface area (Å²) in [5.74, 6) is 2.69. The van der Waals surface area contributed by atoms with Gasteiger partial charge in [-0.2, -0.15) is 11.8 Å². The lowest BCUT2D eigenvalue weighted by Crippen LogP contribution is -2.29. The van der Waals surface area contributed by atoms with Gasteiger partial charge in [0.1, 0.15) is 0 Å². The standard InChI is InChI=1S/C9H19NO.C9H19NS/c2*1-3-7-11-8-9-5-4-6-10(9)2/h2*9H,3-8H2,1-2H3/t2*9-/m11/s1. The largest absolute Gasteiger partial charge is 0.380 e. The summed E-state index contributed by atoms with van der Waals surface area (Å²) < 4.78 is 5.50. The van der Waals surface area contributed by atoms with Crippen LogP contribution in [0.25, 0.3) is 0 Å². The minimum absolute atomic E-state index is 0.696. The molecule has 0 radical (unpaired) electrons. The van der Waals surface area contributed by atoms with Crippen molar-refractivity contribution in [3.63, 3.8) is 0 Å². The van der Waals surface area contributed by atoms with Crippen LogP contribution in [-0.4, -0.2) is 73.8 Å². The molecular weight excluding hydrogens is 292 g/mol. The predicted molar refractivity (Wildman–Crippen MR) is 100 cm³/mol. The van der Waals surface area contributed by atoms with Crippen LogP contribution in [0.5, 0.6) is 0 Å². The van der Waals surface area contributed by atoms with E-state index < -0.39 is 0 Å². The Balaban J connectivity index is 0.000000220. The Kier molecular flexibility index (Phi) is 11.6. The van der Waals surface area contributed by atoms with Gasteiger partial charge in [0.25, 0.3) is 0 Å². The van der Waals surface area contributed by atoms with Gasteiger partial charge >= 0.3 is 0 Å². The highest BCUT2D eigenvalue weighted by Crippen LogP contribution is 2.19. The molecular formula is C18H38N2OS. The summed E-state index contributed by atoms with van der Waals surface area (Å²) >= 11 is 2.11. The van der Waals surface area contributed by atoms with Crippen LogP contribution in [0.3, 0.4) is 0 Å². The highest BCUT2D eigenvalue weighted by atomic mass is 32.2. The lowest BCUT2D eigenvalue weighted by atomic mass is 10.2. The SMILES string of the molecule is CCCOC[C@H]1CCCN1C.CCCSC[C@H]1CCCN1C. The van der Waals surface area contributed by atoms with Crippen molar-refractivity contribution in [1.82, 2.24) is 9.80 Å². The van der Waals surface area contributed by atoms with Gasteiger partial charge in [0.15, 0.2) is 0 Å². The van der Waals surface area contributed by atoms with Crippen molar-refractivity contribution in [2.24, 2.45) is 0 Å². The van der Waals surface area contributed by atoms with E-state index in [1.807, 2.05) is 0 Å². The zero-order valence-electron chi connectivity index (χ0n) is 15.4. The summed E-state index contributed by atoms with van der Waals surface area (Å²) in [6.45, 7) is 8.83. The number of likely N-dealkylation sites (tertiary alicyclic amines) is 2. The normalized spacial score (nSPS) is 26.2. The molecule has 0 aliphatic carbocycles. The van der Waals surface area contributed by atoms with Crippen LogP contribution in [0.2, 0.25) is 0 Å². The van der Waals surface area contributed by atoms with E-state index in [0.29, 0.717) is 6.04 Å². The molecule has 0 saturated carbocycles. The van der Waals surface area contributed by atoms with Crippen molar-refractivity contribution >= 4 is 11.8 Å². The van der Waals surface area contributed by atoms with Gasteiger partial charge in [0, 0.05) is 24.4 Å². The molecule has 0 aromatic carbocycles. The molecule has 2 fully saturated rings. The molecule has 0 amide bonds. The van der Waals surface area contributed by atoms with Gasteiger partial charge in [-0.05, 0) is 71.5 Å². The van der Waals surface area contributed by atoms with Crippen LogP contribution in [-0.2, 0) is 4.74 Å². The third-order valence-electron chi connectivity index (χ3n) is 4.66. The third-order valence-corrected chi connectivity index (χ3v) is 5.98. The van der Waals surface area contributed by atoms with Crippen molar-refractivity contribution in [2.45, 2.75) is 64.5 Å². The van der Waals surface area contributed by atoms with Gasteiger partial charge < -0.3 is 14.5 Å². The predicted octanol–water partition coefficient (Wildman–Crippen LogP) is 3.73. The van der Waals surface area contributed by atoms with E-state index in [-0.39, 0.29) is 0 Å². The maximum atomic E-state index is 5.50. The first kappa shape index (κ1) is 20.3. The first-order chi connectivity index (χ1) is 10.7. The molecule has 2 aliphatic rings. The zero-order valence-corrected chi connectivity index (χ0v) is 16.2. The Labute approximate surface area is 143 Å². The van der Waals surface area contributed by atoms with Gasteiger partial charge in [-0.1, -0.05) is 13.8 Å². The van der Waals surface area contributed by atoms with Gasteiger partial charge in [-0.25, -0.2) is 0 Å². The molecule has 0 spiro atoms. The monoisotopic (exact) mass is 330 g/mol. The van der Waals surface area contributed by atoms with E-state index in [2.05, 4.69) is 49.5 Å². The second-order valence-corrected chi connectivity index (χ2v) is 7.85. The highest BCUT2D eigenvalue weighted by molar-refractivity contribution is 7.99. The second-order valence-electron chi connectivity index (χ2n) is 6.70. The Morgan fingerprint density at radius 1 is 0.955 bits per heavy atom. The Hall–Kier alpha value is 0.230. The minimum atomic E-state index is 0.696. The third kappa shape index (κ3) is 8.19. The summed E-state index contributed by atoms with van der Waals surface area (Å²) in [6, 6.07) is 1.58. The van der Waals surface area contributed by atoms with Gasteiger partial charge in [-0.3, -0.25) is 0 Å². The minimum Gasteiger partial charge on any atom is -0.380 e. The van der Waals surface area contributed by atoms with Crippen LogP contribution < -0.4 is 0 Å². The topological polar surface area (TPSA) is 15.7 Å². The lowest BCUT2D eigenvalue weighted by molar-refractivity contribution is 0.0863. The molecule has 2 aliphatic heterocycles. The van der Waals surface area contributed by atoms with Crippen LogP contribution in [0.1, 0.15) is 52.4 Å². The number of ether oxygens (including phenoxy) is 1. The summed E-state index contributed by atoms with van der Waals surface area (Å²) in [5, 5.41) is 0. The molecule has 2 saturated heterocycles. The van der Waals surface area contributed by atoms with Crippen molar-refractivity contribution in [2.75, 3.05) is 51.9 Å². The summed E-state index contributed by atoms with van der Waals surface area (Å²) in [4.78, 5) is 4.90. The molecule has 2 rings (SSSR count). The molecule has 0 unspecified atom stereocenters. The maximum absolute atomic E-state index is 5.50. The maximum Gasteiger partial charge on any atom is 0.0621 e. The number of hydrogen-bond acceptors (Lipinski definition) is 4. The number of nitrogens with zero attached hydrogens (tertiary/aromatic N) is 2. The van der Waals surface area contributed by atoms with Crippen molar-refractivity contribution in [3.8, 4) is 0 Å². The van der Waals surface area contributed by atoms with Gasteiger partial charge in [0.2, 0.25) is 0 Å². The van der Waals surface area contributed by atoms with E-state index in [9.17, 15) is 0 Å². The van der Waals surface area contributed by atoms with E-state index in [1.165, 1.54) is 56.7 Å². The zero-order chi connectivity index (χ0) is 16.2. The molecule has 2 heterocycles. The summed E-state index contributed by atoms with van der Waals surface area (Å²) in [5.41, 5.74) is 0. The lowest BCUT2D eigenvalue weighted by Gasteiger charge is -2.18. The highest BCUT2D eigenvalue weighted by Gasteiger charge is 2.20. The Morgan fingerprint density at radius 2 is 1.59 bits per heavy atom. The van der Waals surface area contributed by atoms with Crippen LogP contribution in [0, 0.1) is 0 Å². The van der Waals surface area contributed by atoms with Crippen molar-refractivity contribution in [1.29, 1.82) is 0 Å². The van der Waals surface area contributed by atoms with E-state index in [1.54, 1.807) is 0 Å². The first-order valence-electron chi connectivity index (χ1n) is 9.25. The smallest absolute Gasteiger partial charge is 0.0621 e. The van der Waals surface area contributed by atoms with Gasteiger partial charge in [-0.15, -0.1) is 0 Å². The average Bonchev–Trinajstić information content (AvgIpc) is 3.10. The van der Waals surface area contributed by atoms with Crippen LogP contribution >= 0.6 is 11.8 Å². The van der Waals surface area contributed by atoms with Crippen LogP contribution in [0.15, 0.2) is 0 Å². The Bertz CT molecular complexity index is 239. The Morgan fingerprint density at radius 3 is 2.09 bits per heavy atom. The molecule has 4 heteroatoms. The van der Waals surface area contributed by atoms with E-state index >= 15 is 0 Å². The fraction of sp³-hybridized carbons (Fsp3) is 1.00. The van der Waals surface area contributed by atoms with Crippen molar-refractivity contribution < 1.29 is 4.74 Å². The number of rotatable bonds is 8. The van der Waals surface area contributed by atoms with Crippen molar-refractivity contribution in [3.05, 3.63) is 0 Å². The number of thioether (sulfide) groups is 1. The van der Waals surface area contributed by atoms with Crippen LogP contribution in [0.4, 0.5) is 0 Å². The fourth-order valence-corrected chi connectivity index (χ4v) is 4.26. The number of likely N-dealkylation sites (N-methyl/N-ethyl adjacent to an activating group) is 1. The molecule has 2 atom stereocenters. The molecule has 0 aromatic heterocycles. The average molecular weight is 331 g/mol. The second kappa shape index (κ2) is 12.6. The fourth-order valence-electron chi connectivity index (χ4n) is 3.11. The quantitative estimate of drug-likeness (QED) is 0.630. The molecule has 0 aromatic rings.